The number of hydrazine groups is 1. The van der Waals surface area contributed by atoms with Crippen molar-refractivity contribution in [1.29, 1.82) is 0 Å². The maximum Gasteiger partial charge on any atom is 0.305 e. The summed E-state index contributed by atoms with van der Waals surface area (Å²) >= 11 is 1.60. The lowest BCUT2D eigenvalue weighted by Gasteiger charge is -2.42. The van der Waals surface area contributed by atoms with Crippen molar-refractivity contribution in [3.8, 4) is 0 Å². The van der Waals surface area contributed by atoms with Gasteiger partial charge in [0.05, 0.1) is 50.5 Å². The van der Waals surface area contributed by atoms with Gasteiger partial charge >= 0.3 is 5.97 Å². The van der Waals surface area contributed by atoms with Crippen LogP contribution >= 0.6 is 23.5 Å². The summed E-state index contributed by atoms with van der Waals surface area (Å²) in [6.45, 7) is 5.00. The van der Waals surface area contributed by atoms with Crippen molar-refractivity contribution in [3.05, 3.63) is 72.1 Å². The molecule has 5 fully saturated rings. The number of hydrogen-bond donors (Lipinski definition) is 17. The predicted octanol–water partition coefficient (Wildman–Crippen LogP) is -5.45. The van der Waals surface area contributed by atoms with Crippen LogP contribution in [0.5, 0.6) is 0 Å². The van der Waals surface area contributed by atoms with Crippen LogP contribution in [0.1, 0.15) is 97.6 Å². The fourth-order valence-corrected chi connectivity index (χ4v) is 16.5. The average molecular weight is 1710 g/mol. The zero-order valence-electron chi connectivity index (χ0n) is 67.7. The van der Waals surface area contributed by atoms with Crippen LogP contribution in [0.25, 0.3) is 21.8 Å². The van der Waals surface area contributed by atoms with E-state index in [0.717, 1.165) is 38.4 Å². The Kier molecular flexibility index (Phi) is 32.7. The number of primary amides is 1. The molecular weight excluding hydrogens is 1600 g/mol. The zero-order chi connectivity index (χ0) is 87.5. The minimum atomic E-state index is -2.06. The summed E-state index contributed by atoms with van der Waals surface area (Å²) in [5.74, 6) is -21.2. The van der Waals surface area contributed by atoms with Gasteiger partial charge in [0.2, 0.25) is 94.5 Å². The first kappa shape index (κ1) is 92.4. The number of aliphatic carboxylic acids is 1. The number of H-pyrrole nitrogens is 2. The van der Waals surface area contributed by atoms with Crippen molar-refractivity contribution in [2.24, 2.45) is 23.3 Å². The summed E-state index contributed by atoms with van der Waals surface area (Å²) < 4.78 is 0. The molecule has 4 aromatic rings. The van der Waals surface area contributed by atoms with E-state index in [4.69, 9.17) is 11.5 Å². The minimum absolute atomic E-state index is 0.0180. The number of carbonyl (C=O) groups is 18. The van der Waals surface area contributed by atoms with Crippen LogP contribution in [-0.4, -0.2) is 317 Å². The molecule has 5 aliphatic heterocycles. The van der Waals surface area contributed by atoms with E-state index < -0.39 is 253 Å². The molecule has 7 heterocycles. The molecule has 5 aliphatic rings. The first-order chi connectivity index (χ1) is 57.0. The highest BCUT2D eigenvalue weighted by atomic mass is 32.2. The van der Waals surface area contributed by atoms with Crippen LogP contribution in [0.15, 0.2) is 60.9 Å². The number of rotatable bonds is 16. The van der Waals surface area contributed by atoms with Crippen molar-refractivity contribution in [2.75, 3.05) is 82.7 Å². The third kappa shape index (κ3) is 24.2. The van der Waals surface area contributed by atoms with Gasteiger partial charge in [-0.3, -0.25) is 91.3 Å². The van der Waals surface area contributed by atoms with Crippen LogP contribution in [0.2, 0.25) is 0 Å². The van der Waals surface area contributed by atoms with Crippen molar-refractivity contribution in [3.63, 3.8) is 0 Å². The summed E-state index contributed by atoms with van der Waals surface area (Å²) in [6, 6.07) is -5.28. The third-order valence-electron chi connectivity index (χ3n) is 21.3. The highest BCUT2D eigenvalue weighted by Crippen LogP contribution is 2.28. The van der Waals surface area contributed by atoms with Crippen molar-refractivity contribution in [1.82, 2.24) is 98.1 Å². The van der Waals surface area contributed by atoms with Gasteiger partial charge in [0, 0.05) is 98.2 Å². The Hall–Kier alpha value is -11.4. The quantitative estimate of drug-likeness (QED) is 0.0498. The summed E-state index contributed by atoms with van der Waals surface area (Å²) in [4.78, 5) is 272. The van der Waals surface area contributed by atoms with Gasteiger partial charge in [0.1, 0.15) is 72.5 Å². The Labute approximate surface area is 699 Å². The molecule has 9 rings (SSSR count). The standard InChI is InChI=1S/C77H107N21O20S2/c1-39(2)63-75(116)87-51(28-62(105)106)69(110)82-31-59(102)98-55(27-44-30-81-48-17-11-9-15-46(44)48)74(115)91-64(40(3)4)77(118)97-23-13-19-54(97)73(114)88-52(66(79)107)33-119-35-60(103)94-24-25-95(38-96(98)37-94)61(104)36-120-34-53(89-67(108)41(5)83-57(100)32-93(7)58(101)21-22-78)72(113)92-65-56(99)20-12-18-49(85-76(65)117)70(111)84-42(6)68(109)86-50(71(112)90-63)26-43-29-80-47-16-10-8-14-45(43)47/h8-11,14-17,29-30,39-42,49-56,63-65,80-81,99H,12-13,18-28,31-38,78H2,1-7H3,(H2,79,107)(H,82,110)(H,83,100)(H,84,111)(H,85,117)(H,86,109)(H,87,116)(H,88,114)(H,89,108)(H,90,112)(H,91,115)(H,92,113)(H,105,106)/t41-,42-,49-,50-,51-,52-,53-,54-,55-,56+,63-,64-,65-/m0/s1. The number of thioether (sulfide) groups is 2. The number of benzene rings is 2. The van der Waals surface area contributed by atoms with E-state index in [1.807, 2.05) is 0 Å². The molecule has 5 bridgehead atoms. The molecule has 19 N–H and O–H groups in total. The maximum absolute atomic E-state index is 16.2. The molecule has 652 valence electrons. The Balaban J connectivity index is 1.16. The van der Waals surface area contributed by atoms with Crippen molar-refractivity contribution < 1.29 is 96.5 Å². The predicted molar refractivity (Wildman–Crippen MR) is 435 cm³/mol. The number of nitrogens with zero attached hydrogens (tertiary/aromatic N) is 6. The van der Waals surface area contributed by atoms with Crippen molar-refractivity contribution in [2.45, 2.75) is 178 Å². The number of aromatic amines is 2. The second-order valence-electron chi connectivity index (χ2n) is 31.0. The molecule has 14 atom stereocenters. The zero-order valence-corrected chi connectivity index (χ0v) is 69.3. The lowest BCUT2D eigenvalue weighted by atomic mass is 9.97. The van der Waals surface area contributed by atoms with Crippen LogP contribution < -0.4 is 70.0 Å². The van der Waals surface area contributed by atoms with Gasteiger partial charge in [-0.2, -0.15) is 5.01 Å². The normalized spacial score (nSPS) is 26.2. The number of nitrogens with one attached hydrogen (secondary N) is 13. The number of carbonyl (C=O) groups excluding carboxylic acids is 17. The molecule has 17 amide bonds. The van der Waals surface area contributed by atoms with E-state index in [1.54, 1.807) is 74.8 Å². The Morgan fingerprint density at radius 2 is 1.22 bits per heavy atom. The van der Waals surface area contributed by atoms with Gasteiger partial charge in [-0.25, -0.2) is 0 Å². The van der Waals surface area contributed by atoms with E-state index in [9.17, 15) is 77.3 Å². The fraction of sp³-hybridized carbons (Fsp3) is 0.558. The lowest BCUT2D eigenvalue weighted by molar-refractivity contribution is -0.172. The molecule has 2 aromatic heterocycles. The Morgan fingerprint density at radius 3 is 1.82 bits per heavy atom. The topological polar surface area (TPSA) is 583 Å². The van der Waals surface area contributed by atoms with Gasteiger partial charge in [0.15, 0.2) is 0 Å². The van der Waals surface area contributed by atoms with E-state index >= 15 is 19.2 Å². The van der Waals surface area contributed by atoms with Gasteiger partial charge in [0.25, 0.3) is 5.91 Å². The number of para-hydroxylation sites is 2. The van der Waals surface area contributed by atoms with Crippen LogP contribution in [0.3, 0.4) is 0 Å². The monoisotopic (exact) mass is 1710 g/mol. The Morgan fingerprint density at radius 1 is 0.617 bits per heavy atom. The summed E-state index contributed by atoms with van der Waals surface area (Å²) in [6.07, 6.45) is -0.327. The number of amides is 17. The van der Waals surface area contributed by atoms with Gasteiger partial charge in [-0.05, 0) is 81.0 Å². The number of carboxylic acid groups (broad SMARTS) is 1. The fourth-order valence-electron chi connectivity index (χ4n) is 14.6. The van der Waals surface area contributed by atoms with Crippen LogP contribution in [0.4, 0.5) is 0 Å². The van der Waals surface area contributed by atoms with E-state index in [2.05, 4.69) is 68.5 Å². The highest BCUT2D eigenvalue weighted by molar-refractivity contribution is 8.00. The smallest absolute Gasteiger partial charge is 0.305 e. The highest BCUT2D eigenvalue weighted by Gasteiger charge is 2.46. The molecule has 41 nitrogen and oxygen atoms in total. The summed E-state index contributed by atoms with van der Waals surface area (Å²) in [7, 11) is 1.33. The SMILES string of the molecule is CC(C)[C@@H]1NC(=O)[C@H](Cc2c[nH]c3ccccc23)NC(=O)[C@H](C)NC(=O)[C@@H]2CCC[C@@H](O)[C@H](NC(=O)[C@@H](NC(=O)[C@H](C)NC(=O)CN(C)C(=O)CCN)CSCC(=O)N3CCN4CN(C3)N(C(=O)CNC(=O)[C@H](CC(=O)O)NC1=O)[C@@H](Cc1c[nH]c3ccccc13)C(=O)N[C@@H](C(C)C)C(=O)N1CCC[C@H]1C(=O)N[C@H](C(N)=O)CSCC4=O)C(=O)N2. The van der Waals surface area contributed by atoms with Gasteiger partial charge in [-0.15, -0.1) is 23.5 Å². The third-order valence-corrected chi connectivity index (χ3v) is 23.4. The molecule has 1 unspecified atom stereocenters. The van der Waals surface area contributed by atoms with E-state index in [0.29, 0.717) is 39.4 Å². The molecule has 0 aliphatic carbocycles. The number of aliphatic hydroxyl groups is 1. The molecule has 43 heteroatoms. The Bertz CT molecular complexity index is 4520. The molecule has 120 heavy (non-hydrogen) atoms. The number of carboxylic acids is 1. The first-order valence-electron chi connectivity index (χ1n) is 39.6. The van der Waals surface area contributed by atoms with Gasteiger partial charge < -0.3 is 110 Å². The molecular formula is C77H107N21O20S2. The molecule has 2 aromatic carbocycles. The van der Waals surface area contributed by atoms with E-state index in [-0.39, 0.29) is 70.5 Å². The number of aromatic nitrogens is 2. The average Bonchev–Trinajstić information content (AvgIpc) is 1.55. The van der Waals surface area contributed by atoms with E-state index in [1.165, 1.54) is 49.4 Å². The molecule has 0 spiro atoms. The van der Waals surface area contributed by atoms with Crippen LogP contribution in [0, 0.1) is 11.8 Å². The number of nitrogens with two attached hydrogens (primary N) is 2. The maximum atomic E-state index is 16.2. The molecule has 5 saturated heterocycles. The summed E-state index contributed by atoms with van der Waals surface area (Å²) in [5.41, 5.74) is 13.5. The first-order valence-corrected chi connectivity index (χ1v) is 42.0. The number of likely N-dealkylation sites (N-methyl/N-ethyl adjacent to an activating group) is 1. The van der Waals surface area contributed by atoms with Gasteiger partial charge in [-0.1, -0.05) is 64.1 Å². The summed E-state index contributed by atoms with van der Waals surface area (Å²) in [5, 5.41) is 53.3. The largest absolute Gasteiger partial charge is 0.481 e. The molecule has 0 radical (unpaired) electrons. The van der Waals surface area contributed by atoms with Crippen LogP contribution in [-0.2, 0) is 99.1 Å². The minimum Gasteiger partial charge on any atom is -0.481 e. The molecule has 0 saturated carbocycles. The number of aliphatic hydroxyl groups excluding tert-OH is 1. The number of fused-ring (bicyclic) bond motifs is 8. The second kappa shape index (κ2) is 42.5. The van der Waals surface area contributed by atoms with Crippen molar-refractivity contribution >= 4 is 152 Å². The lowest BCUT2D eigenvalue weighted by Crippen LogP contribution is -2.65. The number of hydrogen-bond acceptors (Lipinski definition) is 23. The second-order valence-corrected chi connectivity index (χ2v) is 33.0.